The Bertz CT molecular complexity index is 1400. The van der Waals surface area contributed by atoms with E-state index < -0.39 is 17.9 Å². The molecule has 2 aromatic carbocycles. The van der Waals surface area contributed by atoms with E-state index in [4.69, 9.17) is 4.52 Å². The number of rotatable bonds is 8. The van der Waals surface area contributed by atoms with Crippen molar-refractivity contribution in [1.29, 1.82) is 0 Å². The number of benzene rings is 2. The molecule has 0 saturated carbocycles. The lowest BCUT2D eigenvalue weighted by molar-refractivity contribution is -0.122. The first kappa shape index (κ1) is 26.7. The second-order valence-electron chi connectivity index (χ2n) is 10.2. The molecule has 0 radical (unpaired) electrons. The van der Waals surface area contributed by atoms with Gasteiger partial charge in [0.25, 0.3) is 5.91 Å². The van der Waals surface area contributed by atoms with Gasteiger partial charge in [-0.05, 0) is 60.2 Å². The molecule has 0 aliphatic heterocycles. The van der Waals surface area contributed by atoms with Crippen LogP contribution in [0.15, 0.2) is 83.8 Å². The Balaban J connectivity index is 1.72. The van der Waals surface area contributed by atoms with Crippen molar-refractivity contribution in [2.75, 3.05) is 11.4 Å². The van der Waals surface area contributed by atoms with Gasteiger partial charge in [0, 0.05) is 35.8 Å². The summed E-state index contributed by atoms with van der Waals surface area (Å²) < 4.78 is 18.9. The van der Waals surface area contributed by atoms with Crippen molar-refractivity contribution in [2.24, 2.45) is 0 Å². The number of aryl methyl sites for hydroxylation is 1. The van der Waals surface area contributed by atoms with Crippen molar-refractivity contribution < 1.29 is 18.5 Å². The van der Waals surface area contributed by atoms with E-state index in [1.165, 1.54) is 23.2 Å². The summed E-state index contributed by atoms with van der Waals surface area (Å²) >= 11 is 0. The molecule has 1 atom stereocenters. The Hall–Kier alpha value is -4.33. The van der Waals surface area contributed by atoms with Crippen LogP contribution in [0.2, 0.25) is 0 Å². The van der Waals surface area contributed by atoms with Crippen molar-refractivity contribution in [3.8, 4) is 0 Å². The molecule has 1 N–H and O–H groups in total. The third-order valence-electron chi connectivity index (χ3n) is 6.28. The van der Waals surface area contributed by atoms with Gasteiger partial charge in [-0.1, -0.05) is 56.3 Å². The first-order valence-electron chi connectivity index (χ1n) is 12.4. The van der Waals surface area contributed by atoms with Crippen LogP contribution in [0, 0.1) is 12.7 Å². The zero-order chi connectivity index (χ0) is 27.3. The minimum atomic E-state index is -1.05. The highest BCUT2D eigenvalue weighted by Gasteiger charge is 2.36. The van der Waals surface area contributed by atoms with Gasteiger partial charge in [-0.25, -0.2) is 4.39 Å². The Morgan fingerprint density at radius 1 is 1.05 bits per heavy atom. The van der Waals surface area contributed by atoms with Gasteiger partial charge >= 0.3 is 0 Å². The van der Waals surface area contributed by atoms with Gasteiger partial charge in [0.2, 0.25) is 11.7 Å². The number of pyridine rings is 1. The van der Waals surface area contributed by atoms with Crippen LogP contribution < -0.4 is 10.2 Å². The monoisotopic (exact) mass is 514 g/mol. The van der Waals surface area contributed by atoms with Crippen molar-refractivity contribution in [2.45, 2.75) is 45.6 Å². The minimum Gasteiger partial charge on any atom is -0.354 e. The predicted octanol–water partition coefficient (Wildman–Crippen LogP) is 5.56. The summed E-state index contributed by atoms with van der Waals surface area (Å²) in [6.45, 7) is 8.29. The van der Waals surface area contributed by atoms with E-state index in [0.717, 1.165) is 11.1 Å². The SMILES string of the molecule is Cc1cnoc1C(=O)N(c1ccc(C(C)(C)C)cc1)C(C(=O)NCCc1cccc(F)c1)c1cccnc1. The van der Waals surface area contributed by atoms with Crippen LogP contribution in [0.1, 0.15) is 59.6 Å². The molecule has 0 saturated heterocycles. The third kappa shape index (κ3) is 6.14. The fourth-order valence-corrected chi connectivity index (χ4v) is 4.19. The summed E-state index contributed by atoms with van der Waals surface area (Å²) in [5, 5.41) is 6.69. The number of aromatic nitrogens is 2. The van der Waals surface area contributed by atoms with Gasteiger partial charge in [-0.3, -0.25) is 19.5 Å². The molecular formula is C30H31FN4O3. The summed E-state index contributed by atoms with van der Waals surface area (Å²) in [5.41, 5.74) is 3.36. The number of halogens is 1. The number of nitrogens with one attached hydrogen (secondary N) is 1. The molecule has 4 rings (SSSR count). The highest BCUT2D eigenvalue weighted by atomic mass is 19.1. The Kier molecular flexibility index (Phi) is 8.00. The molecule has 0 aliphatic carbocycles. The summed E-state index contributed by atoms with van der Waals surface area (Å²) in [7, 11) is 0. The van der Waals surface area contributed by atoms with E-state index in [1.54, 1.807) is 43.6 Å². The van der Waals surface area contributed by atoms with Crippen LogP contribution in [-0.4, -0.2) is 28.5 Å². The quantitative estimate of drug-likeness (QED) is 0.333. The van der Waals surface area contributed by atoms with E-state index in [1.807, 2.05) is 24.3 Å². The van der Waals surface area contributed by atoms with Crippen molar-refractivity contribution in [3.63, 3.8) is 0 Å². The van der Waals surface area contributed by atoms with Gasteiger partial charge in [0.05, 0.1) is 6.20 Å². The van der Waals surface area contributed by atoms with Crippen LogP contribution in [0.3, 0.4) is 0 Å². The summed E-state index contributed by atoms with van der Waals surface area (Å²) in [6.07, 6.45) is 5.06. The van der Waals surface area contributed by atoms with Crippen LogP contribution in [0.4, 0.5) is 10.1 Å². The third-order valence-corrected chi connectivity index (χ3v) is 6.28. The molecule has 38 heavy (non-hydrogen) atoms. The van der Waals surface area contributed by atoms with Crippen LogP contribution in [0.25, 0.3) is 0 Å². The van der Waals surface area contributed by atoms with Crippen LogP contribution in [-0.2, 0) is 16.6 Å². The number of carbonyl (C=O) groups is 2. The van der Waals surface area contributed by atoms with E-state index in [2.05, 4.69) is 36.2 Å². The lowest BCUT2D eigenvalue weighted by atomic mass is 9.87. The molecule has 8 heteroatoms. The zero-order valence-electron chi connectivity index (χ0n) is 21.9. The first-order valence-corrected chi connectivity index (χ1v) is 12.4. The maximum Gasteiger partial charge on any atom is 0.298 e. The topological polar surface area (TPSA) is 88.3 Å². The minimum absolute atomic E-state index is 0.0475. The van der Waals surface area contributed by atoms with Gasteiger partial charge in [-0.2, -0.15) is 0 Å². The van der Waals surface area contributed by atoms with E-state index in [-0.39, 0.29) is 23.5 Å². The molecule has 0 fully saturated rings. The maximum atomic E-state index is 13.9. The molecule has 7 nitrogen and oxygen atoms in total. The molecule has 196 valence electrons. The summed E-state index contributed by atoms with van der Waals surface area (Å²) in [4.78, 5) is 33.3. The van der Waals surface area contributed by atoms with Crippen molar-refractivity contribution >= 4 is 17.5 Å². The molecule has 2 heterocycles. The Morgan fingerprint density at radius 3 is 2.42 bits per heavy atom. The molecule has 2 aromatic heterocycles. The Morgan fingerprint density at radius 2 is 1.82 bits per heavy atom. The predicted molar refractivity (Wildman–Crippen MR) is 143 cm³/mol. The highest BCUT2D eigenvalue weighted by Crippen LogP contribution is 2.32. The number of hydrogen-bond acceptors (Lipinski definition) is 5. The lowest BCUT2D eigenvalue weighted by Crippen LogP contribution is -2.44. The fourth-order valence-electron chi connectivity index (χ4n) is 4.19. The van der Waals surface area contributed by atoms with Gasteiger partial charge in [0.15, 0.2) is 0 Å². The smallest absolute Gasteiger partial charge is 0.298 e. The summed E-state index contributed by atoms with van der Waals surface area (Å²) in [6, 6.07) is 16.2. The van der Waals surface area contributed by atoms with E-state index in [0.29, 0.717) is 23.2 Å². The molecule has 0 spiro atoms. The average Bonchev–Trinajstić information content (AvgIpc) is 3.32. The highest BCUT2D eigenvalue weighted by molar-refractivity contribution is 6.09. The first-order chi connectivity index (χ1) is 18.1. The number of carbonyl (C=O) groups excluding carboxylic acids is 2. The van der Waals surface area contributed by atoms with Gasteiger partial charge < -0.3 is 9.84 Å². The second kappa shape index (κ2) is 11.4. The van der Waals surface area contributed by atoms with Crippen molar-refractivity contribution in [1.82, 2.24) is 15.5 Å². The van der Waals surface area contributed by atoms with Crippen molar-refractivity contribution in [3.05, 3.63) is 113 Å². The molecule has 2 amide bonds. The van der Waals surface area contributed by atoms with Gasteiger partial charge in [-0.15, -0.1) is 0 Å². The fraction of sp³-hybridized carbons (Fsp3) is 0.267. The molecule has 4 aromatic rings. The molecule has 1 unspecified atom stereocenters. The molecule has 0 aliphatic rings. The maximum absolute atomic E-state index is 13.9. The van der Waals surface area contributed by atoms with E-state index >= 15 is 0 Å². The normalized spacial score (nSPS) is 12.1. The standard InChI is InChI=1S/C30H31FN4O3/c1-20-18-34-38-27(20)29(37)35(25-12-10-23(11-13-25)30(2,3)4)26(22-8-6-15-32-19-22)28(36)33-16-14-21-7-5-9-24(31)17-21/h5-13,15,17-19,26H,14,16H2,1-4H3,(H,33,36). The lowest BCUT2D eigenvalue weighted by Gasteiger charge is -2.31. The number of nitrogens with zero attached hydrogens (tertiary/aromatic N) is 3. The molecule has 0 bridgehead atoms. The Labute approximate surface area is 221 Å². The second-order valence-corrected chi connectivity index (χ2v) is 10.2. The summed E-state index contributed by atoms with van der Waals surface area (Å²) in [5.74, 6) is -1.19. The average molecular weight is 515 g/mol. The molecular weight excluding hydrogens is 483 g/mol. The zero-order valence-corrected chi connectivity index (χ0v) is 21.9. The number of amides is 2. The van der Waals surface area contributed by atoms with E-state index in [9.17, 15) is 14.0 Å². The van der Waals surface area contributed by atoms with Crippen LogP contribution in [0.5, 0.6) is 0 Å². The van der Waals surface area contributed by atoms with Crippen LogP contribution >= 0.6 is 0 Å². The van der Waals surface area contributed by atoms with Gasteiger partial charge in [0.1, 0.15) is 11.9 Å². The number of anilines is 1. The number of hydrogen-bond donors (Lipinski definition) is 1. The largest absolute Gasteiger partial charge is 0.354 e.